The molecule has 0 aliphatic heterocycles. The molecule has 0 aliphatic carbocycles. The average Bonchev–Trinajstić information content (AvgIpc) is 2.01. The van der Waals surface area contributed by atoms with Crippen LogP contribution >= 0.6 is 0 Å². The van der Waals surface area contributed by atoms with E-state index >= 15 is 0 Å². The minimum absolute atomic E-state index is 0.301. The first-order valence-corrected chi connectivity index (χ1v) is 5.13. The van der Waals surface area contributed by atoms with Crippen LogP contribution in [-0.2, 0) is 0 Å². The smallest absolute Gasteiger partial charge is 0.171 e. The van der Waals surface area contributed by atoms with Crippen molar-refractivity contribution in [2.24, 2.45) is 0 Å². The molecular formula is C10H19F3. The second-order valence-corrected chi connectivity index (χ2v) is 3.49. The van der Waals surface area contributed by atoms with Gasteiger partial charge >= 0.3 is 6.18 Å². The van der Waals surface area contributed by atoms with E-state index in [0.29, 0.717) is 6.42 Å². The Labute approximate surface area is 78.5 Å². The fraction of sp³-hybridized carbons (Fsp3) is 1.00. The molecule has 0 rings (SSSR count). The number of alkyl halides is 3. The fourth-order valence-corrected chi connectivity index (χ4v) is 1.28. The minimum atomic E-state index is -3.95. The third-order valence-corrected chi connectivity index (χ3v) is 2.06. The molecule has 0 spiro atoms. The molecule has 0 radical (unpaired) electrons. The quantitative estimate of drug-likeness (QED) is 0.518. The Morgan fingerprint density at radius 1 is 0.769 bits per heavy atom. The van der Waals surface area contributed by atoms with Crippen LogP contribution in [0.4, 0.5) is 13.2 Å². The van der Waals surface area contributed by atoms with Gasteiger partial charge in [-0.2, -0.15) is 13.2 Å². The maximum absolute atomic E-state index is 11.7. The van der Waals surface area contributed by atoms with E-state index < -0.39 is 12.6 Å². The maximum atomic E-state index is 11.7. The Morgan fingerprint density at radius 2 is 1.23 bits per heavy atom. The van der Waals surface area contributed by atoms with E-state index in [1.165, 1.54) is 19.3 Å². The monoisotopic (exact) mass is 196 g/mol. The lowest BCUT2D eigenvalue weighted by Crippen LogP contribution is -2.06. The van der Waals surface area contributed by atoms with Gasteiger partial charge in [-0.25, -0.2) is 0 Å². The minimum Gasteiger partial charge on any atom is -0.171 e. The Kier molecular flexibility index (Phi) is 7.10. The summed E-state index contributed by atoms with van der Waals surface area (Å²) in [6, 6.07) is 0. The molecule has 0 aromatic heterocycles. The Hall–Kier alpha value is -0.210. The highest BCUT2D eigenvalue weighted by Gasteiger charge is 2.25. The van der Waals surface area contributed by atoms with Crippen molar-refractivity contribution in [3.8, 4) is 0 Å². The Bertz CT molecular complexity index is 107. The van der Waals surface area contributed by atoms with Crippen molar-refractivity contribution in [1.29, 1.82) is 0 Å². The van der Waals surface area contributed by atoms with E-state index in [1.807, 2.05) is 0 Å². The van der Waals surface area contributed by atoms with E-state index in [2.05, 4.69) is 6.92 Å². The topological polar surface area (TPSA) is 0 Å². The molecule has 0 bridgehead atoms. The van der Waals surface area contributed by atoms with Crippen LogP contribution in [0.15, 0.2) is 0 Å². The van der Waals surface area contributed by atoms with E-state index in [0.717, 1.165) is 19.3 Å². The van der Waals surface area contributed by atoms with Gasteiger partial charge in [-0.15, -0.1) is 0 Å². The summed E-state index contributed by atoms with van der Waals surface area (Å²) in [7, 11) is 0. The standard InChI is InChI=1S/C10H19F3/c1-2-3-4-5-6-7-8-9-10(11,12)13/h2-9H2,1H3. The second kappa shape index (κ2) is 7.22. The molecule has 0 saturated carbocycles. The van der Waals surface area contributed by atoms with Gasteiger partial charge in [-0.05, 0) is 6.42 Å². The largest absolute Gasteiger partial charge is 0.389 e. The predicted molar refractivity (Wildman–Crippen MR) is 48.7 cm³/mol. The zero-order valence-electron chi connectivity index (χ0n) is 8.29. The van der Waals surface area contributed by atoms with Crippen molar-refractivity contribution in [2.75, 3.05) is 0 Å². The molecule has 0 nitrogen and oxygen atoms in total. The SMILES string of the molecule is CCCCCCCCCC(F)(F)F. The lowest BCUT2D eigenvalue weighted by atomic mass is 10.1. The van der Waals surface area contributed by atoms with Crippen molar-refractivity contribution in [2.45, 2.75) is 64.5 Å². The molecule has 0 heterocycles. The summed E-state index contributed by atoms with van der Waals surface area (Å²) in [5, 5.41) is 0. The van der Waals surface area contributed by atoms with Gasteiger partial charge in [0.05, 0.1) is 0 Å². The molecule has 0 amide bonds. The molecule has 0 aromatic rings. The highest BCUT2D eigenvalue weighted by Crippen LogP contribution is 2.23. The summed E-state index contributed by atoms with van der Waals surface area (Å²) in [6.07, 6.45) is 2.06. The van der Waals surface area contributed by atoms with Crippen LogP contribution in [-0.4, -0.2) is 6.18 Å². The Morgan fingerprint density at radius 3 is 1.69 bits per heavy atom. The van der Waals surface area contributed by atoms with Crippen LogP contribution in [0.1, 0.15) is 58.3 Å². The van der Waals surface area contributed by atoms with E-state index in [1.54, 1.807) is 0 Å². The van der Waals surface area contributed by atoms with E-state index in [-0.39, 0.29) is 0 Å². The third-order valence-electron chi connectivity index (χ3n) is 2.06. The Balaban J connectivity index is 3.00. The van der Waals surface area contributed by atoms with Gasteiger partial charge in [0.2, 0.25) is 0 Å². The zero-order chi connectivity index (χ0) is 10.2. The number of rotatable bonds is 7. The molecule has 0 aromatic carbocycles. The number of hydrogen-bond acceptors (Lipinski definition) is 0. The summed E-state index contributed by atoms with van der Waals surface area (Å²) in [6.45, 7) is 2.13. The van der Waals surface area contributed by atoms with Crippen molar-refractivity contribution in [3.05, 3.63) is 0 Å². The second-order valence-electron chi connectivity index (χ2n) is 3.49. The first-order chi connectivity index (χ1) is 6.06. The van der Waals surface area contributed by atoms with Crippen LogP contribution in [0.2, 0.25) is 0 Å². The maximum Gasteiger partial charge on any atom is 0.389 e. The zero-order valence-corrected chi connectivity index (χ0v) is 8.29. The van der Waals surface area contributed by atoms with Crippen molar-refractivity contribution >= 4 is 0 Å². The van der Waals surface area contributed by atoms with Crippen LogP contribution in [0.3, 0.4) is 0 Å². The summed E-state index contributed by atoms with van der Waals surface area (Å²) in [5.74, 6) is 0. The van der Waals surface area contributed by atoms with E-state index in [4.69, 9.17) is 0 Å². The number of hydrogen-bond donors (Lipinski definition) is 0. The molecule has 0 saturated heterocycles. The van der Waals surface area contributed by atoms with Crippen molar-refractivity contribution in [3.63, 3.8) is 0 Å². The normalized spacial score (nSPS) is 12.0. The third kappa shape index (κ3) is 11.8. The summed E-state index contributed by atoms with van der Waals surface area (Å²) < 4.78 is 35.1. The molecular weight excluding hydrogens is 177 g/mol. The highest BCUT2D eigenvalue weighted by molar-refractivity contribution is 4.51. The van der Waals surface area contributed by atoms with Gasteiger partial charge in [0.25, 0.3) is 0 Å². The molecule has 0 N–H and O–H groups in total. The van der Waals surface area contributed by atoms with Crippen molar-refractivity contribution in [1.82, 2.24) is 0 Å². The van der Waals surface area contributed by atoms with Gasteiger partial charge in [-0.1, -0.05) is 45.4 Å². The van der Waals surface area contributed by atoms with Gasteiger partial charge in [0.15, 0.2) is 0 Å². The molecule has 0 unspecified atom stereocenters. The van der Waals surface area contributed by atoms with Crippen LogP contribution in [0.5, 0.6) is 0 Å². The molecule has 80 valence electrons. The number of halogens is 3. The van der Waals surface area contributed by atoms with Crippen LogP contribution in [0, 0.1) is 0 Å². The van der Waals surface area contributed by atoms with Crippen LogP contribution in [0.25, 0.3) is 0 Å². The first kappa shape index (κ1) is 12.8. The molecule has 13 heavy (non-hydrogen) atoms. The first-order valence-electron chi connectivity index (χ1n) is 5.13. The van der Waals surface area contributed by atoms with Gasteiger partial charge in [0.1, 0.15) is 0 Å². The summed E-state index contributed by atoms with van der Waals surface area (Å²) in [4.78, 5) is 0. The van der Waals surface area contributed by atoms with Gasteiger partial charge in [0, 0.05) is 6.42 Å². The lowest BCUT2D eigenvalue weighted by Gasteiger charge is -2.05. The summed E-state index contributed by atoms with van der Waals surface area (Å²) >= 11 is 0. The fourth-order valence-electron chi connectivity index (χ4n) is 1.28. The van der Waals surface area contributed by atoms with E-state index in [9.17, 15) is 13.2 Å². The van der Waals surface area contributed by atoms with Gasteiger partial charge in [-0.3, -0.25) is 0 Å². The van der Waals surface area contributed by atoms with Crippen LogP contribution < -0.4 is 0 Å². The highest BCUT2D eigenvalue weighted by atomic mass is 19.4. The average molecular weight is 196 g/mol. The van der Waals surface area contributed by atoms with Gasteiger partial charge < -0.3 is 0 Å². The lowest BCUT2D eigenvalue weighted by molar-refractivity contribution is -0.135. The summed E-state index contributed by atoms with van der Waals surface area (Å²) in [5.41, 5.74) is 0. The molecule has 0 atom stereocenters. The molecule has 0 aliphatic rings. The molecule has 3 heteroatoms. The number of unbranched alkanes of at least 4 members (excludes halogenated alkanes) is 6. The van der Waals surface area contributed by atoms with Crippen molar-refractivity contribution < 1.29 is 13.2 Å². The predicted octanol–water partition coefficient (Wildman–Crippen LogP) is 4.69. The molecule has 0 fully saturated rings.